The van der Waals surface area contributed by atoms with Gasteiger partial charge in [-0.25, -0.2) is 9.78 Å². The number of amides is 3. The van der Waals surface area contributed by atoms with E-state index < -0.39 is 17.6 Å². The van der Waals surface area contributed by atoms with Crippen LogP contribution in [-0.2, 0) is 12.7 Å². The van der Waals surface area contributed by atoms with E-state index in [1.165, 1.54) is 15.9 Å². The lowest BCUT2D eigenvalue weighted by molar-refractivity contribution is -0.137. The summed E-state index contributed by atoms with van der Waals surface area (Å²) in [6, 6.07) is 11.1. The van der Waals surface area contributed by atoms with Crippen LogP contribution in [-0.4, -0.2) is 34.9 Å². The molecule has 1 aliphatic heterocycles. The molecule has 0 spiro atoms. The molecule has 0 saturated carbocycles. The number of thiazole rings is 1. The Morgan fingerprint density at radius 1 is 1.16 bits per heavy atom. The zero-order chi connectivity index (χ0) is 22.9. The standard InChI is InChI=1S/C21H16ClF3N4O2S/c22-15-4-6-16(7-5-15)26-18(30)17-12-32-19(27-17)29-9-8-28(20(29)31)11-13-2-1-3-14(10-13)21(23,24)25/h1-7,10,12H,8-9,11H2,(H,26,30). The van der Waals surface area contributed by atoms with Gasteiger partial charge in [-0.15, -0.1) is 11.3 Å². The van der Waals surface area contributed by atoms with Gasteiger partial charge in [0.2, 0.25) is 0 Å². The Kier molecular flexibility index (Phi) is 6.07. The van der Waals surface area contributed by atoms with Crippen LogP contribution in [0.1, 0.15) is 21.6 Å². The molecule has 11 heteroatoms. The van der Waals surface area contributed by atoms with E-state index in [2.05, 4.69) is 10.3 Å². The fourth-order valence-corrected chi connectivity index (χ4v) is 4.14. The van der Waals surface area contributed by atoms with Gasteiger partial charge in [-0.05, 0) is 42.0 Å². The largest absolute Gasteiger partial charge is 0.416 e. The number of carbonyl (C=O) groups is 2. The maximum absolute atomic E-state index is 12.9. The van der Waals surface area contributed by atoms with Crippen molar-refractivity contribution < 1.29 is 22.8 Å². The first-order chi connectivity index (χ1) is 15.2. The van der Waals surface area contributed by atoms with Crippen molar-refractivity contribution in [2.75, 3.05) is 23.3 Å². The van der Waals surface area contributed by atoms with Crippen molar-refractivity contribution in [3.63, 3.8) is 0 Å². The van der Waals surface area contributed by atoms with Gasteiger partial charge in [-0.3, -0.25) is 9.69 Å². The summed E-state index contributed by atoms with van der Waals surface area (Å²) in [5.74, 6) is -0.428. The number of hydrogen-bond acceptors (Lipinski definition) is 4. The highest BCUT2D eigenvalue weighted by atomic mass is 35.5. The van der Waals surface area contributed by atoms with Crippen LogP contribution < -0.4 is 10.2 Å². The smallest absolute Gasteiger partial charge is 0.321 e. The summed E-state index contributed by atoms with van der Waals surface area (Å²) in [5, 5.41) is 5.14. The number of hydrogen-bond donors (Lipinski definition) is 1. The average molecular weight is 481 g/mol. The molecule has 0 atom stereocenters. The van der Waals surface area contributed by atoms with E-state index >= 15 is 0 Å². The highest BCUT2D eigenvalue weighted by molar-refractivity contribution is 7.14. The van der Waals surface area contributed by atoms with Gasteiger partial charge >= 0.3 is 12.2 Å². The van der Waals surface area contributed by atoms with Crippen molar-refractivity contribution in [2.45, 2.75) is 12.7 Å². The lowest BCUT2D eigenvalue weighted by Crippen LogP contribution is -2.31. The van der Waals surface area contributed by atoms with Crippen molar-refractivity contribution in [1.29, 1.82) is 0 Å². The van der Waals surface area contributed by atoms with E-state index in [1.807, 2.05) is 0 Å². The molecule has 3 aromatic rings. The second kappa shape index (κ2) is 8.79. The molecule has 1 aliphatic rings. The zero-order valence-electron chi connectivity index (χ0n) is 16.4. The third kappa shape index (κ3) is 4.86. The second-order valence-corrected chi connectivity index (χ2v) is 8.30. The molecular weight excluding hydrogens is 465 g/mol. The van der Waals surface area contributed by atoms with Gasteiger partial charge in [0.15, 0.2) is 5.13 Å². The van der Waals surface area contributed by atoms with Crippen molar-refractivity contribution >= 4 is 45.7 Å². The average Bonchev–Trinajstić information content (AvgIpc) is 3.37. The molecule has 4 rings (SSSR count). The Morgan fingerprint density at radius 2 is 1.91 bits per heavy atom. The molecule has 0 aliphatic carbocycles. The van der Waals surface area contributed by atoms with Crippen molar-refractivity contribution in [3.8, 4) is 0 Å². The summed E-state index contributed by atoms with van der Waals surface area (Å²) in [7, 11) is 0. The van der Waals surface area contributed by atoms with E-state index in [9.17, 15) is 22.8 Å². The topological polar surface area (TPSA) is 65.5 Å². The number of carbonyl (C=O) groups excluding carboxylic acids is 2. The number of nitrogens with zero attached hydrogens (tertiary/aromatic N) is 3. The third-order valence-electron chi connectivity index (χ3n) is 4.78. The minimum atomic E-state index is -4.44. The van der Waals surface area contributed by atoms with Gasteiger partial charge in [-0.1, -0.05) is 23.7 Å². The maximum atomic E-state index is 12.9. The third-order valence-corrected chi connectivity index (χ3v) is 5.90. The number of alkyl halides is 3. The van der Waals surface area contributed by atoms with Gasteiger partial charge in [0, 0.05) is 35.7 Å². The first-order valence-electron chi connectivity index (χ1n) is 9.46. The summed E-state index contributed by atoms with van der Waals surface area (Å²) >= 11 is 6.97. The van der Waals surface area contributed by atoms with Crippen LogP contribution in [0.2, 0.25) is 5.02 Å². The van der Waals surface area contributed by atoms with Crippen LogP contribution in [0.4, 0.5) is 28.8 Å². The van der Waals surface area contributed by atoms with Gasteiger partial charge in [0.1, 0.15) is 5.69 Å². The Hall–Kier alpha value is -3.11. The molecule has 1 fully saturated rings. The van der Waals surface area contributed by atoms with Crippen LogP contribution in [0.15, 0.2) is 53.9 Å². The number of rotatable bonds is 5. The molecule has 6 nitrogen and oxygen atoms in total. The number of nitrogens with one attached hydrogen (secondary N) is 1. The molecular formula is C21H16ClF3N4O2S. The summed E-state index contributed by atoms with van der Waals surface area (Å²) < 4.78 is 38.8. The van der Waals surface area contributed by atoms with E-state index in [-0.39, 0.29) is 18.3 Å². The fourth-order valence-electron chi connectivity index (χ4n) is 3.19. The molecule has 32 heavy (non-hydrogen) atoms. The fraction of sp³-hybridized carbons (Fsp3) is 0.190. The van der Waals surface area contributed by atoms with Crippen molar-refractivity contribution in [1.82, 2.24) is 9.88 Å². The molecule has 3 amide bonds. The summed E-state index contributed by atoms with van der Waals surface area (Å²) in [6.07, 6.45) is -4.44. The molecule has 0 radical (unpaired) electrons. The highest BCUT2D eigenvalue weighted by Gasteiger charge is 2.33. The predicted molar refractivity (Wildman–Crippen MR) is 116 cm³/mol. The highest BCUT2D eigenvalue weighted by Crippen LogP contribution is 2.30. The van der Waals surface area contributed by atoms with Gasteiger partial charge in [0.25, 0.3) is 5.91 Å². The summed E-state index contributed by atoms with van der Waals surface area (Å²) in [4.78, 5) is 32.3. The quantitative estimate of drug-likeness (QED) is 0.523. The van der Waals surface area contributed by atoms with Crippen LogP contribution in [0, 0.1) is 0 Å². The number of halogens is 4. The van der Waals surface area contributed by atoms with E-state index in [1.54, 1.807) is 35.7 Å². The lowest BCUT2D eigenvalue weighted by atomic mass is 10.1. The van der Waals surface area contributed by atoms with E-state index in [0.29, 0.717) is 34.5 Å². The number of aromatic nitrogens is 1. The van der Waals surface area contributed by atoms with Crippen molar-refractivity contribution in [3.05, 3.63) is 75.8 Å². The molecule has 0 bridgehead atoms. The van der Waals surface area contributed by atoms with Gasteiger partial charge < -0.3 is 10.2 Å². The van der Waals surface area contributed by atoms with Gasteiger partial charge in [-0.2, -0.15) is 13.2 Å². The van der Waals surface area contributed by atoms with Crippen molar-refractivity contribution in [2.24, 2.45) is 0 Å². The Labute approximate surface area is 190 Å². The van der Waals surface area contributed by atoms with E-state index in [4.69, 9.17) is 11.6 Å². The second-order valence-electron chi connectivity index (χ2n) is 7.03. The van der Waals surface area contributed by atoms with Crippen LogP contribution in [0.25, 0.3) is 0 Å². The minimum Gasteiger partial charge on any atom is -0.321 e. The first kappa shape index (κ1) is 22.1. The number of anilines is 2. The lowest BCUT2D eigenvalue weighted by Gasteiger charge is -2.17. The summed E-state index contributed by atoms with van der Waals surface area (Å²) in [5.41, 5.74) is 0.342. The Morgan fingerprint density at radius 3 is 2.62 bits per heavy atom. The maximum Gasteiger partial charge on any atom is 0.416 e. The molecule has 166 valence electrons. The van der Waals surface area contributed by atoms with Crippen LogP contribution in [0.3, 0.4) is 0 Å². The first-order valence-corrected chi connectivity index (χ1v) is 10.7. The monoisotopic (exact) mass is 480 g/mol. The molecule has 1 saturated heterocycles. The normalized spacial score (nSPS) is 14.2. The minimum absolute atomic E-state index is 0.0501. The molecule has 0 unspecified atom stereocenters. The Balaban J connectivity index is 1.41. The Bertz CT molecular complexity index is 1150. The van der Waals surface area contributed by atoms with Crippen LogP contribution in [0.5, 0.6) is 0 Å². The summed E-state index contributed by atoms with van der Waals surface area (Å²) in [6.45, 7) is 0.707. The predicted octanol–water partition coefficient (Wildman–Crippen LogP) is 5.51. The number of benzene rings is 2. The molecule has 2 heterocycles. The van der Waals surface area contributed by atoms with E-state index in [0.717, 1.165) is 23.5 Å². The van der Waals surface area contributed by atoms with Crippen LogP contribution >= 0.6 is 22.9 Å². The molecule has 1 N–H and O–H groups in total. The molecule has 2 aromatic carbocycles. The zero-order valence-corrected chi connectivity index (χ0v) is 18.0. The number of urea groups is 1. The van der Waals surface area contributed by atoms with Gasteiger partial charge in [0.05, 0.1) is 5.56 Å². The molecule has 1 aromatic heterocycles. The SMILES string of the molecule is O=C(Nc1ccc(Cl)cc1)c1csc(N2CCN(Cc3cccc(C(F)(F)F)c3)C2=O)n1.